The molecule has 7 nitrogen and oxygen atoms in total. The molecule has 0 spiro atoms. The van der Waals surface area contributed by atoms with Crippen LogP contribution in [0.25, 0.3) is 0 Å². The molecule has 0 radical (unpaired) electrons. The van der Waals surface area contributed by atoms with Crippen molar-refractivity contribution in [1.29, 1.82) is 0 Å². The maximum atomic E-state index is 13.7. The Bertz CT molecular complexity index is 842. The van der Waals surface area contributed by atoms with Crippen molar-refractivity contribution in [2.24, 2.45) is 0 Å². The molecule has 2 aromatic rings. The zero-order valence-electron chi connectivity index (χ0n) is 12.8. The Morgan fingerprint density at radius 1 is 1.29 bits per heavy atom. The standard InChI is InChI=1S/C14H15F2N5O2S/c1-21(9-5-6-24(22,23)8-9)14-19-12(7-17-20-14)18-13-10(15)3-2-4-11(13)16/h2-4,7,9H,5-6,8H2,1H3,(H,18,19,20). The number of nitrogens with zero attached hydrogens (tertiary/aromatic N) is 4. The summed E-state index contributed by atoms with van der Waals surface area (Å²) in [5.41, 5.74) is -0.338. The van der Waals surface area contributed by atoms with E-state index in [9.17, 15) is 17.2 Å². The van der Waals surface area contributed by atoms with E-state index in [0.29, 0.717) is 6.42 Å². The normalized spacial score (nSPS) is 19.2. The molecule has 1 unspecified atom stereocenters. The van der Waals surface area contributed by atoms with Crippen LogP contribution in [0, 0.1) is 11.6 Å². The Morgan fingerprint density at radius 2 is 2.00 bits per heavy atom. The van der Waals surface area contributed by atoms with E-state index in [4.69, 9.17) is 0 Å². The van der Waals surface area contributed by atoms with E-state index in [1.165, 1.54) is 12.3 Å². The maximum absolute atomic E-state index is 13.7. The number of aromatic nitrogens is 3. The second-order valence-electron chi connectivity index (χ2n) is 5.53. The highest BCUT2D eigenvalue weighted by molar-refractivity contribution is 7.91. The van der Waals surface area contributed by atoms with Crippen molar-refractivity contribution in [1.82, 2.24) is 15.2 Å². The molecule has 0 aliphatic carbocycles. The minimum Gasteiger partial charge on any atom is -0.338 e. The molecule has 1 aliphatic heterocycles. The van der Waals surface area contributed by atoms with Gasteiger partial charge in [-0.25, -0.2) is 17.2 Å². The van der Waals surface area contributed by atoms with Crippen LogP contribution in [0.2, 0.25) is 0 Å². The highest BCUT2D eigenvalue weighted by Crippen LogP contribution is 2.24. The average molecular weight is 355 g/mol. The van der Waals surface area contributed by atoms with Gasteiger partial charge in [0.2, 0.25) is 5.95 Å². The summed E-state index contributed by atoms with van der Waals surface area (Å²) in [4.78, 5) is 5.77. The first-order chi connectivity index (χ1) is 11.4. The van der Waals surface area contributed by atoms with Gasteiger partial charge < -0.3 is 10.2 Å². The summed E-state index contributed by atoms with van der Waals surface area (Å²) in [7, 11) is -1.39. The van der Waals surface area contributed by atoms with E-state index in [1.54, 1.807) is 11.9 Å². The number of anilines is 3. The first kappa shape index (κ1) is 16.5. The third kappa shape index (κ3) is 3.42. The van der Waals surface area contributed by atoms with Crippen LogP contribution >= 0.6 is 0 Å². The molecule has 128 valence electrons. The molecular formula is C14H15F2N5O2S. The first-order valence-corrected chi connectivity index (χ1v) is 9.02. The van der Waals surface area contributed by atoms with Gasteiger partial charge >= 0.3 is 0 Å². The lowest BCUT2D eigenvalue weighted by Crippen LogP contribution is -2.34. The second kappa shape index (κ2) is 6.27. The predicted octanol–water partition coefficient (Wildman–Crippen LogP) is 1.52. The molecule has 2 heterocycles. The van der Waals surface area contributed by atoms with Gasteiger partial charge in [0.25, 0.3) is 0 Å². The van der Waals surface area contributed by atoms with Crippen LogP contribution in [-0.2, 0) is 9.84 Å². The van der Waals surface area contributed by atoms with Crippen LogP contribution in [0.15, 0.2) is 24.4 Å². The van der Waals surface area contributed by atoms with Crippen molar-refractivity contribution in [3.63, 3.8) is 0 Å². The highest BCUT2D eigenvalue weighted by Gasteiger charge is 2.32. The van der Waals surface area contributed by atoms with Crippen LogP contribution < -0.4 is 10.2 Å². The largest absolute Gasteiger partial charge is 0.338 e. The Labute approximate surface area is 137 Å². The number of benzene rings is 1. The van der Waals surface area contributed by atoms with E-state index in [1.807, 2.05) is 0 Å². The van der Waals surface area contributed by atoms with Gasteiger partial charge in [-0.1, -0.05) is 6.07 Å². The predicted molar refractivity (Wildman–Crippen MR) is 84.9 cm³/mol. The number of sulfone groups is 1. The Balaban J connectivity index is 1.82. The number of rotatable bonds is 4. The van der Waals surface area contributed by atoms with E-state index in [2.05, 4.69) is 20.5 Å². The Hall–Kier alpha value is -2.36. The van der Waals surface area contributed by atoms with Gasteiger partial charge in [0.05, 0.1) is 17.7 Å². The number of hydrogen-bond donors (Lipinski definition) is 1. The van der Waals surface area contributed by atoms with Crippen molar-refractivity contribution in [3.8, 4) is 0 Å². The SMILES string of the molecule is CN(c1nncc(Nc2c(F)cccc2F)n1)C1CCS(=O)(=O)C1. The van der Waals surface area contributed by atoms with Gasteiger partial charge in [0.1, 0.15) is 17.3 Å². The van der Waals surface area contributed by atoms with Crippen LogP contribution in [0.5, 0.6) is 0 Å². The molecule has 0 bridgehead atoms. The lowest BCUT2D eigenvalue weighted by molar-refractivity contribution is 0.590. The van der Waals surface area contributed by atoms with Gasteiger partial charge in [0.15, 0.2) is 15.7 Å². The summed E-state index contributed by atoms with van der Waals surface area (Å²) in [6, 6.07) is 3.25. The third-order valence-electron chi connectivity index (χ3n) is 3.84. The zero-order valence-corrected chi connectivity index (χ0v) is 13.6. The number of nitrogens with one attached hydrogen (secondary N) is 1. The first-order valence-electron chi connectivity index (χ1n) is 7.20. The summed E-state index contributed by atoms with van der Waals surface area (Å²) in [6.45, 7) is 0. The fourth-order valence-corrected chi connectivity index (χ4v) is 4.27. The van der Waals surface area contributed by atoms with Crippen LogP contribution in [0.4, 0.5) is 26.2 Å². The number of hydrogen-bond acceptors (Lipinski definition) is 7. The third-order valence-corrected chi connectivity index (χ3v) is 5.59. The molecule has 1 aliphatic rings. The van der Waals surface area contributed by atoms with Crippen molar-refractivity contribution >= 4 is 27.3 Å². The summed E-state index contributed by atoms with van der Waals surface area (Å²) in [6.07, 6.45) is 1.70. The molecule has 0 saturated carbocycles. The van der Waals surface area contributed by atoms with Gasteiger partial charge in [-0.05, 0) is 18.6 Å². The summed E-state index contributed by atoms with van der Waals surface area (Å²) in [5, 5.41) is 10.2. The molecule has 0 amide bonds. The van der Waals surface area contributed by atoms with Gasteiger partial charge in [0, 0.05) is 13.1 Å². The van der Waals surface area contributed by atoms with E-state index < -0.39 is 21.5 Å². The zero-order chi connectivity index (χ0) is 17.3. The molecular weight excluding hydrogens is 340 g/mol. The molecule has 1 aromatic heterocycles. The molecule has 24 heavy (non-hydrogen) atoms. The quantitative estimate of drug-likeness (QED) is 0.889. The van der Waals surface area contributed by atoms with Crippen molar-refractivity contribution in [2.75, 3.05) is 28.8 Å². The number of para-hydroxylation sites is 1. The summed E-state index contributed by atoms with van der Waals surface area (Å²) in [5.74, 6) is -1.09. The van der Waals surface area contributed by atoms with Crippen LogP contribution in [0.3, 0.4) is 0 Å². The van der Waals surface area contributed by atoms with Crippen molar-refractivity contribution in [3.05, 3.63) is 36.0 Å². The van der Waals surface area contributed by atoms with Crippen molar-refractivity contribution in [2.45, 2.75) is 12.5 Å². The van der Waals surface area contributed by atoms with Gasteiger partial charge in [-0.15, -0.1) is 5.10 Å². The van der Waals surface area contributed by atoms with E-state index >= 15 is 0 Å². The monoisotopic (exact) mass is 355 g/mol. The van der Waals surface area contributed by atoms with Crippen LogP contribution in [0.1, 0.15) is 6.42 Å². The molecule has 10 heteroatoms. The smallest absolute Gasteiger partial charge is 0.247 e. The molecule has 1 atom stereocenters. The summed E-state index contributed by atoms with van der Waals surface area (Å²) < 4.78 is 50.5. The van der Waals surface area contributed by atoms with Gasteiger partial charge in [-0.3, -0.25) is 0 Å². The minimum atomic E-state index is -3.05. The molecule has 1 saturated heterocycles. The fourth-order valence-electron chi connectivity index (χ4n) is 2.49. The van der Waals surface area contributed by atoms with Gasteiger partial charge in [-0.2, -0.15) is 10.1 Å². The minimum absolute atomic E-state index is 0.0203. The Kier molecular flexibility index (Phi) is 4.31. The molecule has 3 rings (SSSR count). The highest BCUT2D eigenvalue weighted by atomic mass is 32.2. The molecule has 1 N–H and O–H groups in total. The topological polar surface area (TPSA) is 88.1 Å². The maximum Gasteiger partial charge on any atom is 0.247 e. The second-order valence-corrected chi connectivity index (χ2v) is 7.76. The van der Waals surface area contributed by atoms with Crippen LogP contribution in [-0.4, -0.2) is 48.2 Å². The fraction of sp³-hybridized carbons (Fsp3) is 0.357. The Morgan fingerprint density at radius 3 is 2.62 bits per heavy atom. The van der Waals surface area contributed by atoms with E-state index in [-0.39, 0.29) is 35.0 Å². The summed E-state index contributed by atoms with van der Waals surface area (Å²) >= 11 is 0. The lowest BCUT2D eigenvalue weighted by Gasteiger charge is -2.22. The van der Waals surface area contributed by atoms with Crippen molar-refractivity contribution < 1.29 is 17.2 Å². The average Bonchev–Trinajstić information content (AvgIpc) is 2.91. The van der Waals surface area contributed by atoms with E-state index in [0.717, 1.165) is 12.1 Å². The molecule has 1 fully saturated rings. The lowest BCUT2D eigenvalue weighted by atomic mass is 10.2. The molecule has 1 aromatic carbocycles. The number of halogens is 2.